The zero-order valence-electron chi connectivity index (χ0n) is 18.9. The summed E-state index contributed by atoms with van der Waals surface area (Å²) in [5.41, 5.74) is 5.91. The van der Waals surface area contributed by atoms with Gasteiger partial charge in [-0.1, -0.05) is 66.9 Å². The highest BCUT2D eigenvalue weighted by molar-refractivity contribution is 7.06. The molecule has 0 atom stereocenters. The van der Waals surface area contributed by atoms with Gasteiger partial charge in [0.1, 0.15) is 0 Å². The molecule has 3 rings (SSSR count). The second-order valence-electron chi connectivity index (χ2n) is 9.31. The van der Waals surface area contributed by atoms with Crippen LogP contribution in [0.1, 0.15) is 64.7 Å². The first-order valence-electron chi connectivity index (χ1n) is 11.2. The summed E-state index contributed by atoms with van der Waals surface area (Å²) in [5.74, 6) is 0.756. The lowest BCUT2D eigenvalue weighted by atomic mass is 9.68. The summed E-state index contributed by atoms with van der Waals surface area (Å²) in [6.07, 6.45) is 19.5. The van der Waals surface area contributed by atoms with Crippen LogP contribution in [0.3, 0.4) is 0 Å². The van der Waals surface area contributed by atoms with Gasteiger partial charge in [0.2, 0.25) is 0 Å². The molecule has 0 spiro atoms. The Hall–Kier alpha value is -1.91. The van der Waals surface area contributed by atoms with E-state index in [4.69, 9.17) is 0 Å². The van der Waals surface area contributed by atoms with Crippen molar-refractivity contribution in [1.29, 1.82) is 0 Å². The number of H-pyrrole nitrogens is 1. The smallest absolute Gasteiger partial charge is 0.258 e. The Morgan fingerprint density at radius 1 is 1.17 bits per heavy atom. The molecule has 1 aromatic rings. The van der Waals surface area contributed by atoms with Crippen molar-refractivity contribution in [3.05, 3.63) is 74.0 Å². The predicted molar refractivity (Wildman–Crippen MR) is 131 cm³/mol. The van der Waals surface area contributed by atoms with Gasteiger partial charge in [-0.05, 0) is 87.6 Å². The molecule has 3 nitrogen and oxygen atoms in total. The molecule has 162 valence electrons. The molecule has 0 saturated carbocycles. The van der Waals surface area contributed by atoms with Crippen molar-refractivity contribution in [2.24, 2.45) is 11.3 Å². The second kappa shape index (κ2) is 10.4. The topological polar surface area (TPSA) is 44.9 Å². The van der Waals surface area contributed by atoms with Crippen LogP contribution < -0.4 is 10.9 Å². The summed E-state index contributed by atoms with van der Waals surface area (Å²) in [6, 6.07) is 1.63. The van der Waals surface area contributed by atoms with E-state index in [1.54, 1.807) is 17.2 Å². The average Bonchev–Trinajstić information content (AvgIpc) is 3.11. The van der Waals surface area contributed by atoms with Gasteiger partial charge in [0.05, 0.1) is 0 Å². The highest BCUT2D eigenvalue weighted by Crippen LogP contribution is 2.44. The standard InChI is InChI=1S/C26H36N2OS/c1-19(7-5-8-20(2)17-22-18-25(29)28-30-22)10-11-24-23(9-6-14-26(24,3)4)21-12-15-27-16-13-21/h5,7-8,10-11,17-18,21,27H,6,9,12-16H2,1-4H3,(H,28,29)/b8-5+,11-10+,19-7+,20-17+. The Balaban J connectivity index is 1.73. The molecule has 0 amide bonds. The lowest BCUT2D eigenvalue weighted by molar-refractivity contribution is 0.336. The van der Waals surface area contributed by atoms with E-state index >= 15 is 0 Å². The first kappa shape index (κ1) is 22.8. The fourth-order valence-electron chi connectivity index (χ4n) is 4.61. The molecule has 1 fully saturated rings. The monoisotopic (exact) mass is 424 g/mol. The van der Waals surface area contributed by atoms with Crippen LogP contribution in [0.5, 0.6) is 0 Å². The van der Waals surface area contributed by atoms with Crippen molar-refractivity contribution in [2.45, 2.75) is 59.8 Å². The van der Waals surface area contributed by atoms with E-state index < -0.39 is 0 Å². The lowest BCUT2D eigenvalue weighted by Crippen LogP contribution is -2.31. The van der Waals surface area contributed by atoms with Crippen molar-refractivity contribution in [3.63, 3.8) is 0 Å². The van der Waals surface area contributed by atoms with Crippen molar-refractivity contribution >= 4 is 17.6 Å². The molecule has 1 saturated heterocycles. The van der Waals surface area contributed by atoms with E-state index in [0.29, 0.717) is 0 Å². The SMILES string of the molecule is CC(/C=C/C1=C(C2CCNCC2)CCCC1(C)C)=C\C=C\C(C)=C\c1cc(=O)[nH]s1. The van der Waals surface area contributed by atoms with Crippen LogP contribution in [0.2, 0.25) is 0 Å². The number of nitrogens with one attached hydrogen (secondary N) is 2. The molecule has 2 aliphatic rings. The van der Waals surface area contributed by atoms with Crippen LogP contribution in [0.25, 0.3) is 6.08 Å². The highest BCUT2D eigenvalue weighted by Gasteiger charge is 2.31. The number of hydrogen-bond acceptors (Lipinski definition) is 3. The molecule has 2 N–H and O–H groups in total. The van der Waals surface area contributed by atoms with E-state index in [2.05, 4.69) is 67.8 Å². The van der Waals surface area contributed by atoms with Gasteiger partial charge in [0.25, 0.3) is 5.56 Å². The average molecular weight is 425 g/mol. The van der Waals surface area contributed by atoms with E-state index in [1.165, 1.54) is 49.2 Å². The van der Waals surface area contributed by atoms with Gasteiger partial charge < -0.3 is 5.32 Å². The highest BCUT2D eigenvalue weighted by atomic mass is 32.1. The minimum Gasteiger partial charge on any atom is -0.317 e. The molecule has 30 heavy (non-hydrogen) atoms. The maximum absolute atomic E-state index is 11.2. The Labute approximate surface area is 185 Å². The number of hydrogen-bond donors (Lipinski definition) is 2. The zero-order chi connectivity index (χ0) is 21.6. The number of allylic oxidation sites excluding steroid dienone is 9. The third kappa shape index (κ3) is 6.29. The molecule has 1 aliphatic carbocycles. The number of aromatic nitrogens is 1. The zero-order valence-corrected chi connectivity index (χ0v) is 19.7. The molecule has 0 radical (unpaired) electrons. The van der Waals surface area contributed by atoms with E-state index in [-0.39, 0.29) is 11.0 Å². The maximum Gasteiger partial charge on any atom is 0.258 e. The maximum atomic E-state index is 11.2. The van der Waals surface area contributed by atoms with Gasteiger partial charge in [-0.3, -0.25) is 9.17 Å². The summed E-state index contributed by atoms with van der Waals surface area (Å²) in [5, 5.41) is 3.51. The van der Waals surface area contributed by atoms with E-state index in [9.17, 15) is 4.79 Å². The summed E-state index contributed by atoms with van der Waals surface area (Å²) < 4.78 is 2.72. The van der Waals surface area contributed by atoms with Crippen molar-refractivity contribution in [2.75, 3.05) is 13.1 Å². The second-order valence-corrected chi connectivity index (χ2v) is 10.2. The van der Waals surface area contributed by atoms with Crippen LogP contribution in [-0.2, 0) is 0 Å². The van der Waals surface area contributed by atoms with Crippen molar-refractivity contribution in [3.8, 4) is 0 Å². The number of piperidine rings is 1. The Kier molecular flexibility index (Phi) is 7.90. The molecule has 0 unspecified atom stereocenters. The summed E-state index contributed by atoms with van der Waals surface area (Å²) in [4.78, 5) is 12.2. The van der Waals surface area contributed by atoms with E-state index in [1.807, 2.05) is 6.08 Å². The van der Waals surface area contributed by atoms with Gasteiger partial charge in [-0.25, -0.2) is 0 Å². The Morgan fingerprint density at radius 3 is 2.63 bits per heavy atom. The molecule has 1 aromatic heterocycles. The van der Waals surface area contributed by atoms with Crippen LogP contribution in [0, 0.1) is 11.3 Å². The normalized spacial score (nSPS) is 21.9. The predicted octanol–water partition coefficient (Wildman–Crippen LogP) is 6.40. The molecule has 4 heteroatoms. The third-order valence-electron chi connectivity index (χ3n) is 6.30. The lowest BCUT2D eigenvalue weighted by Gasteiger charge is -2.38. The minimum atomic E-state index is -0.0345. The molecule has 0 aromatic carbocycles. The fraction of sp³-hybridized carbons (Fsp3) is 0.500. The Morgan fingerprint density at radius 2 is 1.93 bits per heavy atom. The molecular weight excluding hydrogens is 388 g/mol. The third-order valence-corrected chi connectivity index (χ3v) is 7.07. The Bertz CT molecular complexity index is 930. The van der Waals surface area contributed by atoms with Gasteiger partial charge in [0.15, 0.2) is 0 Å². The summed E-state index contributed by atoms with van der Waals surface area (Å²) >= 11 is 1.37. The molecule has 0 bridgehead atoms. The van der Waals surface area contributed by atoms with Gasteiger partial charge in [0, 0.05) is 10.9 Å². The van der Waals surface area contributed by atoms with Crippen molar-refractivity contribution in [1.82, 2.24) is 9.69 Å². The van der Waals surface area contributed by atoms with Crippen LogP contribution in [0.15, 0.2) is 63.5 Å². The van der Waals surface area contributed by atoms with E-state index in [0.717, 1.165) is 29.5 Å². The largest absolute Gasteiger partial charge is 0.317 e. The van der Waals surface area contributed by atoms with Crippen molar-refractivity contribution < 1.29 is 0 Å². The van der Waals surface area contributed by atoms with Crippen LogP contribution in [0.4, 0.5) is 0 Å². The minimum absolute atomic E-state index is 0.0345. The summed E-state index contributed by atoms with van der Waals surface area (Å²) in [7, 11) is 0. The molecular formula is C26H36N2OS. The first-order valence-corrected chi connectivity index (χ1v) is 12.0. The van der Waals surface area contributed by atoms with Gasteiger partial charge >= 0.3 is 0 Å². The van der Waals surface area contributed by atoms with Gasteiger partial charge in [-0.2, -0.15) is 0 Å². The first-order chi connectivity index (χ1) is 14.3. The van der Waals surface area contributed by atoms with Crippen LogP contribution in [-0.4, -0.2) is 17.5 Å². The summed E-state index contributed by atoms with van der Waals surface area (Å²) in [6.45, 7) is 11.4. The number of rotatable bonds is 6. The number of aromatic amines is 1. The quantitative estimate of drug-likeness (QED) is 0.519. The molecule has 1 aliphatic heterocycles. The fourth-order valence-corrected chi connectivity index (χ4v) is 5.30. The van der Waals surface area contributed by atoms with Crippen LogP contribution >= 0.6 is 11.5 Å². The molecule has 2 heterocycles. The van der Waals surface area contributed by atoms with Gasteiger partial charge in [-0.15, -0.1) is 0 Å².